The number of rotatable bonds is 3. The first kappa shape index (κ1) is 12.6. The summed E-state index contributed by atoms with van der Waals surface area (Å²) in [5.41, 5.74) is 1.18. The van der Waals surface area contributed by atoms with E-state index in [4.69, 9.17) is 4.52 Å². The Hall–Kier alpha value is -0.870. The molecule has 2 atom stereocenters. The van der Waals surface area contributed by atoms with Crippen LogP contribution in [0.3, 0.4) is 0 Å². The minimum absolute atomic E-state index is 0.224. The summed E-state index contributed by atoms with van der Waals surface area (Å²) in [4.78, 5) is 2.47. The van der Waals surface area contributed by atoms with Crippen LogP contribution in [0.15, 0.2) is 10.6 Å². The van der Waals surface area contributed by atoms with Crippen LogP contribution in [0.5, 0.6) is 0 Å². The predicted octanol–water partition coefficient (Wildman–Crippen LogP) is 1.95. The summed E-state index contributed by atoms with van der Waals surface area (Å²) in [6.07, 6.45) is 1.14. The zero-order valence-corrected chi connectivity index (χ0v) is 11.3. The van der Waals surface area contributed by atoms with Gasteiger partial charge in [-0.05, 0) is 27.2 Å². The van der Waals surface area contributed by atoms with Crippen LogP contribution in [0.1, 0.15) is 38.6 Å². The summed E-state index contributed by atoms with van der Waals surface area (Å²) in [5.74, 6) is 0.967. The highest BCUT2D eigenvalue weighted by Gasteiger charge is 2.32. The first-order valence-electron chi connectivity index (χ1n) is 6.44. The molecule has 0 spiro atoms. The maximum atomic E-state index is 5.31. The molecule has 1 aliphatic heterocycles. The van der Waals surface area contributed by atoms with Crippen LogP contribution in [0.4, 0.5) is 0 Å². The Balaban J connectivity index is 2.03. The van der Waals surface area contributed by atoms with Crippen molar-refractivity contribution < 1.29 is 4.52 Å². The van der Waals surface area contributed by atoms with Crippen molar-refractivity contribution >= 4 is 0 Å². The van der Waals surface area contributed by atoms with E-state index < -0.39 is 0 Å². The summed E-state index contributed by atoms with van der Waals surface area (Å²) in [5, 5.41) is 7.57. The zero-order valence-electron chi connectivity index (χ0n) is 11.3. The van der Waals surface area contributed by atoms with Crippen LogP contribution in [0.2, 0.25) is 0 Å². The molecule has 1 aliphatic rings. The van der Waals surface area contributed by atoms with Crippen molar-refractivity contribution in [3.63, 3.8) is 0 Å². The van der Waals surface area contributed by atoms with Gasteiger partial charge in [0.2, 0.25) is 0 Å². The second-order valence-corrected chi connectivity index (χ2v) is 5.48. The predicted molar refractivity (Wildman–Crippen MR) is 67.8 cm³/mol. The normalized spacial score (nSPS) is 30.7. The van der Waals surface area contributed by atoms with E-state index in [1.54, 1.807) is 0 Å². The highest BCUT2D eigenvalue weighted by molar-refractivity contribution is 5.04. The molecule has 2 heterocycles. The van der Waals surface area contributed by atoms with Crippen molar-refractivity contribution in [2.24, 2.45) is 0 Å². The average Bonchev–Trinajstić information content (AvgIpc) is 2.70. The highest BCUT2D eigenvalue weighted by Crippen LogP contribution is 2.20. The number of hydrogen-bond acceptors (Lipinski definition) is 4. The van der Waals surface area contributed by atoms with Crippen molar-refractivity contribution in [2.75, 3.05) is 13.1 Å². The zero-order chi connectivity index (χ0) is 12.5. The molecule has 1 fully saturated rings. The molecule has 0 radical (unpaired) electrons. The Morgan fingerprint density at radius 1 is 1.65 bits per heavy atom. The lowest BCUT2D eigenvalue weighted by Gasteiger charge is -2.44. The third-order valence-corrected chi connectivity index (χ3v) is 3.82. The van der Waals surface area contributed by atoms with Crippen LogP contribution in [0, 0.1) is 6.92 Å². The number of aryl methyl sites for hydroxylation is 1. The molecule has 2 unspecified atom stereocenters. The summed E-state index contributed by atoms with van der Waals surface area (Å²) >= 11 is 0. The molecule has 17 heavy (non-hydrogen) atoms. The Morgan fingerprint density at radius 2 is 2.41 bits per heavy atom. The fourth-order valence-corrected chi connectivity index (χ4v) is 2.32. The van der Waals surface area contributed by atoms with E-state index in [9.17, 15) is 0 Å². The Kier molecular flexibility index (Phi) is 3.54. The molecule has 0 bridgehead atoms. The van der Waals surface area contributed by atoms with Gasteiger partial charge in [-0.25, -0.2) is 0 Å². The first-order valence-corrected chi connectivity index (χ1v) is 6.44. The second kappa shape index (κ2) is 4.78. The molecule has 2 rings (SSSR count). The van der Waals surface area contributed by atoms with Gasteiger partial charge in [0.25, 0.3) is 0 Å². The molecule has 1 N–H and O–H groups in total. The first-order chi connectivity index (χ1) is 8.02. The number of aromatic nitrogens is 1. The van der Waals surface area contributed by atoms with E-state index >= 15 is 0 Å². The van der Waals surface area contributed by atoms with Crippen LogP contribution >= 0.6 is 0 Å². The van der Waals surface area contributed by atoms with Crippen LogP contribution in [-0.4, -0.2) is 34.7 Å². The highest BCUT2D eigenvalue weighted by atomic mass is 16.5. The number of hydrogen-bond donors (Lipinski definition) is 1. The third-order valence-electron chi connectivity index (χ3n) is 3.82. The monoisotopic (exact) mass is 237 g/mol. The number of piperazine rings is 1. The summed E-state index contributed by atoms with van der Waals surface area (Å²) < 4.78 is 5.31. The second-order valence-electron chi connectivity index (χ2n) is 5.48. The SMILES string of the molecule is CCC1(C)CN(Cc2cc(C)no2)C(C)CN1. The molecule has 96 valence electrons. The molecule has 4 nitrogen and oxygen atoms in total. The van der Waals surface area contributed by atoms with E-state index in [2.05, 4.69) is 36.1 Å². The van der Waals surface area contributed by atoms with Crippen molar-refractivity contribution in [3.05, 3.63) is 17.5 Å². The lowest BCUT2D eigenvalue weighted by molar-refractivity contribution is 0.0782. The molecular formula is C13H23N3O. The van der Waals surface area contributed by atoms with Crippen molar-refractivity contribution in [2.45, 2.75) is 52.2 Å². The molecule has 0 saturated carbocycles. The van der Waals surface area contributed by atoms with Gasteiger partial charge in [0, 0.05) is 30.7 Å². The van der Waals surface area contributed by atoms with Crippen LogP contribution < -0.4 is 5.32 Å². The maximum absolute atomic E-state index is 5.31. The Bertz CT molecular complexity index is 376. The molecular weight excluding hydrogens is 214 g/mol. The van der Waals surface area contributed by atoms with Gasteiger partial charge in [-0.1, -0.05) is 12.1 Å². The van der Waals surface area contributed by atoms with E-state index in [1.165, 1.54) is 0 Å². The van der Waals surface area contributed by atoms with Gasteiger partial charge < -0.3 is 9.84 Å². The lowest BCUT2D eigenvalue weighted by atomic mass is 9.94. The van der Waals surface area contributed by atoms with Crippen molar-refractivity contribution in [1.29, 1.82) is 0 Å². The fourth-order valence-electron chi connectivity index (χ4n) is 2.32. The molecule has 0 aliphatic carbocycles. The Morgan fingerprint density at radius 3 is 3.00 bits per heavy atom. The lowest BCUT2D eigenvalue weighted by Crippen LogP contribution is -2.61. The van der Waals surface area contributed by atoms with E-state index in [0.717, 1.165) is 37.5 Å². The van der Waals surface area contributed by atoms with E-state index in [0.29, 0.717) is 6.04 Å². The molecule has 0 aromatic carbocycles. The average molecular weight is 237 g/mol. The summed E-state index contributed by atoms with van der Waals surface area (Å²) in [6, 6.07) is 2.57. The molecule has 1 saturated heterocycles. The Labute approximate surface area is 103 Å². The van der Waals surface area contributed by atoms with Crippen molar-refractivity contribution in [1.82, 2.24) is 15.4 Å². The van der Waals surface area contributed by atoms with Crippen LogP contribution in [0.25, 0.3) is 0 Å². The largest absolute Gasteiger partial charge is 0.360 e. The van der Waals surface area contributed by atoms with Gasteiger partial charge >= 0.3 is 0 Å². The maximum Gasteiger partial charge on any atom is 0.150 e. The molecule has 1 aromatic heterocycles. The standard InChI is InChI=1S/C13H23N3O/c1-5-13(4)9-16(11(3)7-14-13)8-12-6-10(2)15-17-12/h6,11,14H,5,7-9H2,1-4H3. The number of nitrogens with one attached hydrogen (secondary N) is 1. The van der Waals surface area contributed by atoms with Crippen molar-refractivity contribution in [3.8, 4) is 0 Å². The third kappa shape index (κ3) is 2.87. The molecule has 0 amide bonds. The summed E-state index contributed by atoms with van der Waals surface area (Å²) in [6.45, 7) is 11.7. The van der Waals surface area contributed by atoms with Gasteiger partial charge in [-0.15, -0.1) is 0 Å². The van der Waals surface area contributed by atoms with Gasteiger partial charge in [-0.2, -0.15) is 0 Å². The minimum Gasteiger partial charge on any atom is -0.360 e. The van der Waals surface area contributed by atoms with Gasteiger partial charge in [-0.3, -0.25) is 4.90 Å². The van der Waals surface area contributed by atoms with Gasteiger partial charge in [0.05, 0.1) is 12.2 Å². The van der Waals surface area contributed by atoms with E-state index in [-0.39, 0.29) is 5.54 Å². The smallest absolute Gasteiger partial charge is 0.150 e. The van der Waals surface area contributed by atoms with Gasteiger partial charge in [0.15, 0.2) is 5.76 Å². The quantitative estimate of drug-likeness (QED) is 0.872. The molecule has 4 heteroatoms. The fraction of sp³-hybridized carbons (Fsp3) is 0.769. The topological polar surface area (TPSA) is 41.3 Å². The summed E-state index contributed by atoms with van der Waals surface area (Å²) in [7, 11) is 0. The van der Waals surface area contributed by atoms with Gasteiger partial charge in [0.1, 0.15) is 0 Å². The number of nitrogens with zero attached hydrogens (tertiary/aromatic N) is 2. The van der Waals surface area contributed by atoms with Crippen LogP contribution in [-0.2, 0) is 6.54 Å². The molecule has 1 aromatic rings. The minimum atomic E-state index is 0.224. The van der Waals surface area contributed by atoms with E-state index in [1.807, 2.05) is 13.0 Å².